The van der Waals surface area contributed by atoms with Crippen LogP contribution in [0, 0.1) is 6.92 Å². The van der Waals surface area contributed by atoms with Crippen molar-refractivity contribution in [1.29, 1.82) is 0 Å². The molecule has 1 aliphatic heterocycles. The average Bonchev–Trinajstić information content (AvgIpc) is 2.06. The van der Waals surface area contributed by atoms with Crippen molar-refractivity contribution in [2.45, 2.75) is 6.92 Å². The molecule has 6 nitrogen and oxygen atoms in total. The summed E-state index contributed by atoms with van der Waals surface area (Å²) in [4.78, 5) is 18.9. The minimum absolute atomic E-state index is 0.0935. The van der Waals surface area contributed by atoms with E-state index in [0.29, 0.717) is 17.2 Å². The van der Waals surface area contributed by atoms with Gasteiger partial charge in [0.2, 0.25) is 11.9 Å². The molecular weight excluding hydrogens is 170 g/mol. The first-order valence-electron chi connectivity index (χ1n) is 3.84. The second-order valence-corrected chi connectivity index (χ2v) is 2.79. The number of nitrogens with one attached hydrogen (secondary N) is 2. The number of anilines is 3. The Hall–Kier alpha value is -1.85. The molecule has 0 radical (unpaired) electrons. The third-order valence-electron chi connectivity index (χ3n) is 1.79. The summed E-state index contributed by atoms with van der Waals surface area (Å²) in [6, 6.07) is 0. The predicted molar refractivity (Wildman–Crippen MR) is 48.3 cm³/mol. The molecule has 0 aliphatic carbocycles. The van der Waals surface area contributed by atoms with E-state index in [4.69, 9.17) is 5.73 Å². The Balaban J connectivity index is 2.53. The Morgan fingerprint density at radius 2 is 2.23 bits per heavy atom. The minimum Gasteiger partial charge on any atom is -0.368 e. The fourth-order valence-electron chi connectivity index (χ4n) is 1.22. The van der Waals surface area contributed by atoms with Gasteiger partial charge in [-0.2, -0.15) is 4.98 Å². The second kappa shape index (κ2) is 2.58. The molecule has 4 N–H and O–H groups in total. The van der Waals surface area contributed by atoms with Crippen LogP contribution in [0.2, 0.25) is 0 Å². The summed E-state index contributed by atoms with van der Waals surface area (Å²) in [5.74, 6) is 0.702. The summed E-state index contributed by atoms with van der Waals surface area (Å²) in [5.41, 5.74) is 6.73. The van der Waals surface area contributed by atoms with Gasteiger partial charge >= 0.3 is 0 Å². The zero-order valence-electron chi connectivity index (χ0n) is 7.09. The first-order valence-corrected chi connectivity index (χ1v) is 3.84. The van der Waals surface area contributed by atoms with Gasteiger partial charge in [-0.25, -0.2) is 4.98 Å². The maximum atomic E-state index is 11.0. The van der Waals surface area contributed by atoms with Crippen LogP contribution in [0.4, 0.5) is 17.5 Å². The number of rotatable bonds is 0. The number of aryl methyl sites for hydroxylation is 1. The Kier molecular flexibility index (Phi) is 1.54. The fraction of sp³-hybridized carbons (Fsp3) is 0.286. The number of carbonyl (C=O) groups is 1. The third kappa shape index (κ3) is 1.26. The van der Waals surface area contributed by atoms with Gasteiger partial charge in [-0.1, -0.05) is 0 Å². The number of hydrogen-bond acceptors (Lipinski definition) is 5. The lowest BCUT2D eigenvalue weighted by Gasteiger charge is -2.18. The standard InChI is InChI=1S/C7H9N5O/c1-3-5-6(12-7(8)10-3)9-2-4(13)11-5/h2H2,1H3,(H,11,13)(H3,8,9,10,12). The number of nitrogen functional groups attached to an aromatic ring is 1. The molecule has 13 heavy (non-hydrogen) atoms. The Labute approximate surface area is 74.6 Å². The SMILES string of the molecule is Cc1nc(N)nc2c1NC(=O)CN2. The van der Waals surface area contributed by atoms with Gasteiger partial charge in [0.15, 0.2) is 5.82 Å². The van der Waals surface area contributed by atoms with Crippen LogP contribution in [-0.2, 0) is 4.79 Å². The number of carbonyl (C=O) groups excluding carboxylic acids is 1. The van der Waals surface area contributed by atoms with Gasteiger partial charge < -0.3 is 16.4 Å². The van der Waals surface area contributed by atoms with Crippen LogP contribution in [-0.4, -0.2) is 22.4 Å². The van der Waals surface area contributed by atoms with E-state index in [1.54, 1.807) is 6.92 Å². The number of nitrogens with two attached hydrogens (primary N) is 1. The van der Waals surface area contributed by atoms with E-state index in [2.05, 4.69) is 20.6 Å². The smallest absolute Gasteiger partial charge is 0.243 e. The van der Waals surface area contributed by atoms with E-state index in [0.717, 1.165) is 0 Å². The second-order valence-electron chi connectivity index (χ2n) is 2.79. The molecule has 0 unspecified atom stereocenters. The van der Waals surface area contributed by atoms with Gasteiger partial charge in [0.05, 0.1) is 12.2 Å². The Morgan fingerprint density at radius 3 is 3.00 bits per heavy atom. The molecule has 0 aromatic carbocycles. The molecule has 0 saturated carbocycles. The van der Waals surface area contributed by atoms with E-state index in [1.807, 2.05) is 0 Å². The van der Waals surface area contributed by atoms with Crippen molar-refractivity contribution in [3.05, 3.63) is 5.69 Å². The molecule has 1 aliphatic rings. The number of nitrogens with zero attached hydrogens (tertiary/aromatic N) is 2. The first kappa shape index (κ1) is 7.78. The molecular formula is C7H9N5O. The van der Waals surface area contributed by atoms with E-state index >= 15 is 0 Å². The average molecular weight is 179 g/mol. The maximum absolute atomic E-state index is 11.0. The molecule has 1 aromatic rings. The van der Waals surface area contributed by atoms with E-state index in [-0.39, 0.29) is 18.4 Å². The van der Waals surface area contributed by atoms with Gasteiger partial charge in [0.25, 0.3) is 0 Å². The van der Waals surface area contributed by atoms with Gasteiger partial charge in [0.1, 0.15) is 5.69 Å². The maximum Gasteiger partial charge on any atom is 0.243 e. The van der Waals surface area contributed by atoms with Crippen LogP contribution < -0.4 is 16.4 Å². The highest BCUT2D eigenvalue weighted by molar-refractivity contribution is 6.00. The fourth-order valence-corrected chi connectivity index (χ4v) is 1.22. The molecule has 68 valence electrons. The van der Waals surface area contributed by atoms with E-state index in [9.17, 15) is 4.79 Å². The lowest BCUT2D eigenvalue weighted by atomic mass is 10.3. The number of amides is 1. The van der Waals surface area contributed by atoms with E-state index < -0.39 is 0 Å². The molecule has 0 fully saturated rings. The molecule has 2 rings (SSSR count). The van der Waals surface area contributed by atoms with Crippen LogP contribution in [0.15, 0.2) is 0 Å². The van der Waals surface area contributed by atoms with Crippen LogP contribution in [0.25, 0.3) is 0 Å². The lowest BCUT2D eigenvalue weighted by Crippen LogP contribution is -2.29. The monoisotopic (exact) mass is 179 g/mol. The summed E-state index contributed by atoms with van der Waals surface area (Å²) >= 11 is 0. The van der Waals surface area contributed by atoms with Crippen molar-refractivity contribution in [1.82, 2.24) is 9.97 Å². The van der Waals surface area contributed by atoms with Crippen LogP contribution in [0.3, 0.4) is 0 Å². The van der Waals surface area contributed by atoms with Crippen LogP contribution in [0.1, 0.15) is 5.69 Å². The van der Waals surface area contributed by atoms with Gasteiger partial charge in [0, 0.05) is 0 Å². The Bertz CT molecular complexity index is 375. The molecule has 6 heteroatoms. The van der Waals surface area contributed by atoms with Crippen molar-refractivity contribution in [2.75, 3.05) is 22.9 Å². The highest BCUT2D eigenvalue weighted by atomic mass is 16.2. The molecule has 1 amide bonds. The zero-order chi connectivity index (χ0) is 9.42. The number of hydrogen-bond donors (Lipinski definition) is 3. The quantitative estimate of drug-likeness (QED) is 0.509. The van der Waals surface area contributed by atoms with E-state index in [1.165, 1.54) is 0 Å². The topological polar surface area (TPSA) is 92.9 Å². The van der Waals surface area contributed by atoms with Crippen molar-refractivity contribution in [3.63, 3.8) is 0 Å². The first-order chi connectivity index (χ1) is 6.16. The molecule has 2 heterocycles. The summed E-state index contributed by atoms with van der Waals surface area (Å²) in [7, 11) is 0. The molecule has 0 spiro atoms. The molecule has 0 atom stereocenters. The molecule has 0 saturated heterocycles. The summed E-state index contributed by atoms with van der Waals surface area (Å²) in [6.07, 6.45) is 0. The summed E-state index contributed by atoms with van der Waals surface area (Å²) < 4.78 is 0. The minimum atomic E-state index is -0.0935. The normalized spacial score (nSPS) is 14.4. The van der Waals surface area contributed by atoms with Gasteiger partial charge in [-0.3, -0.25) is 4.79 Å². The number of aromatic nitrogens is 2. The lowest BCUT2D eigenvalue weighted by molar-refractivity contribution is -0.114. The van der Waals surface area contributed by atoms with Crippen LogP contribution >= 0.6 is 0 Å². The zero-order valence-corrected chi connectivity index (χ0v) is 7.09. The van der Waals surface area contributed by atoms with Gasteiger partial charge in [-0.15, -0.1) is 0 Å². The predicted octanol–water partition coefficient (Wildman–Crippen LogP) is -0.269. The summed E-state index contributed by atoms with van der Waals surface area (Å²) in [6.45, 7) is 1.99. The molecule has 1 aromatic heterocycles. The Morgan fingerprint density at radius 1 is 1.46 bits per heavy atom. The summed E-state index contributed by atoms with van der Waals surface area (Å²) in [5, 5.41) is 5.52. The van der Waals surface area contributed by atoms with Crippen molar-refractivity contribution >= 4 is 23.4 Å². The van der Waals surface area contributed by atoms with Crippen LogP contribution in [0.5, 0.6) is 0 Å². The molecule has 0 bridgehead atoms. The van der Waals surface area contributed by atoms with Crippen molar-refractivity contribution in [2.24, 2.45) is 0 Å². The van der Waals surface area contributed by atoms with Crippen molar-refractivity contribution < 1.29 is 4.79 Å². The highest BCUT2D eigenvalue weighted by Crippen LogP contribution is 2.25. The third-order valence-corrected chi connectivity index (χ3v) is 1.79. The number of fused-ring (bicyclic) bond motifs is 1. The largest absolute Gasteiger partial charge is 0.368 e. The van der Waals surface area contributed by atoms with Gasteiger partial charge in [-0.05, 0) is 6.92 Å². The highest BCUT2D eigenvalue weighted by Gasteiger charge is 2.18. The van der Waals surface area contributed by atoms with Crippen molar-refractivity contribution in [3.8, 4) is 0 Å².